The lowest BCUT2D eigenvalue weighted by atomic mass is 10.5. The number of hydrazone groups is 1. The van der Waals surface area contributed by atoms with Crippen molar-refractivity contribution in [2.45, 2.75) is 0 Å². The smallest absolute Gasteiger partial charge is 0.295 e. The second-order valence-electron chi connectivity index (χ2n) is 4.26. The molecule has 0 unspecified atom stereocenters. The minimum atomic E-state index is -0.0738. The minimum Gasteiger partial charge on any atom is -1.00 e. The largest absolute Gasteiger partial charge is 1.00 e. The summed E-state index contributed by atoms with van der Waals surface area (Å²) in [7, 11) is 5.88. The molecule has 0 saturated heterocycles. The summed E-state index contributed by atoms with van der Waals surface area (Å²) in [5.74, 6) is -0.0738. The summed E-state index contributed by atoms with van der Waals surface area (Å²) in [4.78, 5) is 12.4. The molecule has 0 radical (unpaired) electrons. The zero-order chi connectivity index (χ0) is 11.3. The molecule has 6 heteroatoms. The van der Waals surface area contributed by atoms with Gasteiger partial charge in [-0.1, -0.05) is 6.07 Å². The van der Waals surface area contributed by atoms with Crippen LogP contribution >= 0.6 is 11.3 Å². The number of likely N-dealkylation sites (N-methyl/N-ethyl adjacent to an activating group) is 1. The number of nitrogens with one attached hydrogen (secondary N) is 1. The Kier molecular flexibility index (Phi) is 6.25. The highest BCUT2D eigenvalue weighted by molar-refractivity contribution is 7.11. The molecular weight excluding hydrogens is 246 g/mol. The summed E-state index contributed by atoms with van der Waals surface area (Å²) < 4.78 is 0.598. The first-order chi connectivity index (χ1) is 6.97. The molecule has 4 nitrogen and oxygen atoms in total. The van der Waals surface area contributed by atoms with Gasteiger partial charge in [0, 0.05) is 4.88 Å². The van der Waals surface area contributed by atoms with E-state index in [9.17, 15) is 4.79 Å². The van der Waals surface area contributed by atoms with Crippen molar-refractivity contribution in [3.63, 3.8) is 0 Å². The molecular formula is C10H16ClN3OS. The van der Waals surface area contributed by atoms with Crippen LogP contribution in [-0.4, -0.2) is 44.3 Å². The maximum atomic E-state index is 11.4. The van der Waals surface area contributed by atoms with E-state index >= 15 is 0 Å². The quantitative estimate of drug-likeness (QED) is 0.377. The predicted molar refractivity (Wildman–Crippen MR) is 63.0 cm³/mol. The SMILES string of the molecule is C[N+](C)(C)CC(=O)N/N=C/c1cccs1.[Cl-]. The summed E-state index contributed by atoms with van der Waals surface area (Å²) in [6.45, 7) is 0.418. The van der Waals surface area contributed by atoms with Gasteiger partial charge in [0.15, 0.2) is 6.54 Å². The molecule has 0 spiro atoms. The van der Waals surface area contributed by atoms with E-state index in [4.69, 9.17) is 0 Å². The third-order valence-corrected chi connectivity index (χ3v) is 2.35. The number of hydrogen-bond acceptors (Lipinski definition) is 3. The van der Waals surface area contributed by atoms with Crippen LogP contribution in [0.3, 0.4) is 0 Å². The average Bonchev–Trinajstić information content (AvgIpc) is 2.53. The molecule has 16 heavy (non-hydrogen) atoms. The topological polar surface area (TPSA) is 41.5 Å². The van der Waals surface area contributed by atoms with Crippen molar-refractivity contribution in [2.24, 2.45) is 5.10 Å². The highest BCUT2D eigenvalue weighted by Gasteiger charge is 2.12. The first-order valence-electron chi connectivity index (χ1n) is 4.63. The maximum Gasteiger partial charge on any atom is 0.295 e. The van der Waals surface area contributed by atoms with E-state index in [0.717, 1.165) is 4.88 Å². The van der Waals surface area contributed by atoms with Crippen molar-refractivity contribution in [1.82, 2.24) is 5.43 Å². The third kappa shape index (κ3) is 6.55. The van der Waals surface area contributed by atoms with Gasteiger partial charge >= 0.3 is 0 Å². The van der Waals surface area contributed by atoms with Crippen molar-refractivity contribution in [3.8, 4) is 0 Å². The van der Waals surface area contributed by atoms with E-state index in [1.807, 2.05) is 38.7 Å². The zero-order valence-electron chi connectivity index (χ0n) is 9.61. The molecule has 0 fully saturated rings. The second-order valence-corrected chi connectivity index (χ2v) is 5.24. The molecule has 0 atom stereocenters. The molecule has 0 aliphatic heterocycles. The number of carbonyl (C=O) groups is 1. The minimum absolute atomic E-state index is 0. The Morgan fingerprint density at radius 1 is 1.56 bits per heavy atom. The third-order valence-electron chi connectivity index (χ3n) is 1.54. The van der Waals surface area contributed by atoms with Gasteiger partial charge in [0.05, 0.1) is 27.4 Å². The number of rotatable bonds is 4. The number of hydrogen-bond donors (Lipinski definition) is 1. The summed E-state index contributed by atoms with van der Waals surface area (Å²) in [6.07, 6.45) is 1.65. The van der Waals surface area contributed by atoms with Crippen LogP contribution in [0, 0.1) is 0 Å². The standard InChI is InChI=1S/C10H15N3OS.ClH/c1-13(2,3)8-10(14)12-11-7-9-5-4-6-15-9;/h4-7H,8H2,1-3H3;1H/b11-7+;. The van der Waals surface area contributed by atoms with Crippen LogP contribution in [0.2, 0.25) is 0 Å². The summed E-state index contributed by atoms with van der Waals surface area (Å²) in [6, 6.07) is 3.89. The van der Waals surface area contributed by atoms with E-state index in [1.165, 1.54) is 0 Å². The lowest BCUT2D eigenvalue weighted by molar-refractivity contribution is -0.862. The van der Waals surface area contributed by atoms with E-state index in [0.29, 0.717) is 11.0 Å². The van der Waals surface area contributed by atoms with Gasteiger partial charge in [-0.05, 0) is 11.4 Å². The van der Waals surface area contributed by atoms with Gasteiger partial charge in [-0.15, -0.1) is 11.3 Å². The molecule has 0 bridgehead atoms. The van der Waals surface area contributed by atoms with Gasteiger partial charge in [0.1, 0.15) is 0 Å². The number of nitrogens with zero attached hydrogens (tertiary/aromatic N) is 2. The average molecular weight is 262 g/mol. The van der Waals surface area contributed by atoms with Crippen LogP contribution in [0.5, 0.6) is 0 Å². The van der Waals surface area contributed by atoms with Crippen LogP contribution in [0.4, 0.5) is 0 Å². The van der Waals surface area contributed by atoms with Crippen molar-refractivity contribution >= 4 is 23.5 Å². The van der Waals surface area contributed by atoms with E-state index in [1.54, 1.807) is 17.6 Å². The molecule has 0 aliphatic rings. The number of amides is 1. The number of halogens is 1. The van der Waals surface area contributed by atoms with E-state index in [2.05, 4.69) is 10.5 Å². The van der Waals surface area contributed by atoms with Crippen LogP contribution in [0.25, 0.3) is 0 Å². The molecule has 1 N–H and O–H groups in total. The van der Waals surface area contributed by atoms with Crippen molar-refractivity contribution < 1.29 is 21.7 Å². The fraction of sp³-hybridized carbons (Fsp3) is 0.400. The van der Waals surface area contributed by atoms with Gasteiger partial charge in [-0.25, -0.2) is 5.43 Å². The highest BCUT2D eigenvalue weighted by atomic mass is 35.5. The first-order valence-corrected chi connectivity index (χ1v) is 5.51. The zero-order valence-corrected chi connectivity index (χ0v) is 11.2. The molecule has 0 aliphatic carbocycles. The Hall–Kier alpha value is -0.910. The fourth-order valence-electron chi connectivity index (χ4n) is 0.999. The van der Waals surface area contributed by atoms with Crippen molar-refractivity contribution in [1.29, 1.82) is 0 Å². The van der Waals surface area contributed by atoms with Crippen LogP contribution < -0.4 is 17.8 Å². The van der Waals surface area contributed by atoms with E-state index < -0.39 is 0 Å². The van der Waals surface area contributed by atoms with Crippen LogP contribution in [-0.2, 0) is 4.79 Å². The molecule has 1 aromatic heterocycles. The normalized spacial score (nSPS) is 11.2. The fourth-order valence-corrected chi connectivity index (χ4v) is 1.58. The van der Waals surface area contributed by atoms with Gasteiger partial charge < -0.3 is 16.9 Å². The Balaban J connectivity index is 0.00000225. The number of carbonyl (C=O) groups excluding carboxylic acids is 1. The van der Waals surface area contributed by atoms with Gasteiger partial charge in [0.2, 0.25) is 0 Å². The van der Waals surface area contributed by atoms with E-state index in [-0.39, 0.29) is 18.3 Å². The number of quaternary nitrogens is 1. The molecule has 1 rings (SSSR count). The Morgan fingerprint density at radius 3 is 2.75 bits per heavy atom. The summed E-state index contributed by atoms with van der Waals surface area (Å²) in [5, 5.41) is 5.84. The summed E-state index contributed by atoms with van der Waals surface area (Å²) in [5.41, 5.74) is 2.50. The molecule has 1 heterocycles. The Morgan fingerprint density at radius 2 is 2.25 bits per heavy atom. The Bertz CT molecular complexity index is 343. The first kappa shape index (κ1) is 15.1. The maximum absolute atomic E-state index is 11.4. The lowest BCUT2D eigenvalue weighted by Crippen LogP contribution is -3.00. The monoisotopic (exact) mass is 261 g/mol. The van der Waals surface area contributed by atoms with Gasteiger partial charge in [-0.2, -0.15) is 5.10 Å². The number of thiophene rings is 1. The van der Waals surface area contributed by atoms with Crippen molar-refractivity contribution in [3.05, 3.63) is 22.4 Å². The van der Waals surface area contributed by atoms with Crippen LogP contribution in [0.15, 0.2) is 22.6 Å². The predicted octanol–water partition coefficient (Wildman–Crippen LogP) is -2.09. The lowest BCUT2D eigenvalue weighted by Gasteiger charge is -2.21. The van der Waals surface area contributed by atoms with Crippen LogP contribution in [0.1, 0.15) is 4.88 Å². The highest BCUT2D eigenvalue weighted by Crippen LogP contribution is 2.03. The molecule has 1 amide bonds. The Labute approximate surface area is 106 Å². The molecule has 0 aromatic carbocycles. The molecule has 90 valence electrons. The van der Waals surface area contributed by atoms with Gasteiger partial charge in [0.25, 0.3) is 5.91 Å². The van der Waals surface area contributed by atoms with Crippen molar-refractivity contribution in [2.75, 3.05) is 27.7 Å². The molecule has 0 saturated carbocycles. The second kappa shape index (κ2) is 6.62. The van der Waals surface area contributed by atoms with Gasteiger partial charge in [-0.3, -0.25) is 4.79 Å². The summed E-state index contributed by atoms with van der Waals surface area (Å²) >= 11 is 1.58. The molecule has 1 aromatic rings.